The molecule has 3 N–H and O–H groups in total. The molecule has 1 unspecified atom stereocenters. The molecule has 2 atom stereocenters. The average Bonchev–Trinajstić information content (AvgIpc) is 3.67. The Kier molecular flexibility index (Phi) is 8.44. The number of aliphatic hydroxyl groups is 1. The summed E-state index contributed by atoms with van der Waals surface area (Å²) in [6, 6.07) is 14.0. The van der Waals surface area contributed by atoms with E-state index in [4.69, 9.17) is 0 Å². The molecule has 3 amide bonds. The summed E-state index contributed by atoms with van der Waals surface area (Å²) < 4.78 is 0. The molecule has 0 bridgehead atoms. The normalized spacial score (nSPS) is 22.9. The number of nitrogens with zero attached hydrogens (tertiary/aromatic N) is 5. The molecule has 2 aromatic carbocycles. The van der Waals surface area contributed by atoms with E-state index in [1.54, 1.807) is 11.0 Å². The molecule has 4 aliphatic heterocycles. The summed E-state index contributed by atoms with van der Waals surface area (Å²) in [7, 11) is 0. The second-order valence-electron chi connectivity index (χ2n) is 13.8. The quantitative estimate of drug-likeness (QED) is 0.318. The van der Waals surface area contributed by atoms with Gasteiger partial charge in [0.2, 0.25) is 17.8 Å². The van der Waals surface area contributed by atoms with Gasteiger partial charge in [-0.15, -0.1) is 0 Å². The highest BCUT2D eigenvalue weighted by Crippen LogP contribution is 2.37. The van der Waals surface area contributed by atoms with E-state index in [1.165, 1.54) is 11.3 Å². The SMILES string of the molecule is CC(C)c1cnc(N[C@H]2CCN(c3ccc(CN4CCC(O)(c5ccc6c(c5)CN(C5CCC(=O)NC5=O)C6=O)CC4)cc3)C2)nc1. The Labute approximate surface area is 275 Å². The van der Waals surface area contributed by atoms with Crippen molar-refractivity contribution in [2.24, 2.45) is 0 Å². The lowest BCUT2D eigenvalue weighted by Gasteiger charge is -2.38. The van der Waals surface area contributed by atoms with E-state index in [1.807, 2.05) is 24.5 Å². The van der Waals surface area contributed by atoms with Gasteiger partial charge in [0, 0.05) is 75.4 Å². The van der Waals surface area contributed by atoms with Crippen LogP contribution >= 0.6 is 0 Å². The molecule has 11 heteroatoms. The van der Waals surface area contributed by atoms with Crippen molar-refractivity contribution in [2.45, 2.75) is 82.6 Å². The van der Waals surface area contributed by atoms with Gasteiger partial charge >= 0.3 is 0 Å². The monoisotopic (exact) mass is 637 g/mol. The Bertz CT molecular complexity index is 1650. The Hall–Kier alpha value is -4.35. The Morgan fingerprint density at radius 1 is 1.00 bits per heavy atom. The maximum Gasteiger partial charge on any atom is 0.255 e. The van der Waals surface area contributed by atoms with E-state index in [0.717, 1.165) is 55.8 Å². The molecule has 47 heavy (non-hydrogen) atoms. The van der Waals surface area contributed by atoms with Crippen LogP contribution in [0.15, 0.2) is 54.9 Å². The molecule has 0 aliphatic carbocycles. The number of likely N-dealkylation sites (tertiary alicyclic amines) is 1. The number of hydrogen-bond donors (Lipinski definition) is 3. The van der Waals surface area contributed by atoms with Crippen LogP contribution in [0.2, 0.25) is 0 Å². The molecule has 3 aromatic rings. The summed E-state index contributed by atoms with van der Waals surface area (Å²) in [4.78, 5) is 52.4. The fourth-order valence-corrected chi connectivity index (χ4v) is 7.31. The number of carbonyl (C=O) groups is 3. The third-order valence-corrected chi connectivity index (χ3v) is 10.3. The van der Waals surface area contributed by atoms with Crippen molar-refractivity contribution >= 4 is 29.4 Å². The van der Waals surface area contributed by atoms with E-state index in [9.17, 15) is 19.5 Å². The van der Waals surface area contributed by atoms with Crippen molar-refractivity contribution in [1.82, 2.24) is 25.1 Å². The lowest BCUT2D eigenvalue weighted by atomic mass is 9.83. The van der Waals surface area contributed by atoms with Crippen LogP contribution in [0, 0.1) is 0 Å². The van der Waals surface area contributed by atoms with Crippen molar-refractivity contribution in [3.05, 3.63) is 82.7 Å². The summed E-state index contributed by atoms with van der Waals surface area (Å²) in [5.74, 6) is 0.191. The number of amides is 3. The molecule has 0 spiro atoms. The number of hydrogen-bond acceptors (Lipinski definition) is 9. The first-order chi connectivity index (χ1) is 22.6. The molecule has 3 fully saturated rings. The van der Waals surface area contributed by atoms with Gasteiger partial charge in [0.1, 0.15) is 6.04 Å². The van der Waals surface area contributed by atoms with E-state index in [-0.39, 0.29) is 18.2 Å². The molecule has 11 nitrogen and oxygen atoms in total. The molecule has 0 saturated carbocycles. The Balaban J connectivity index is 0.908. The predicted octanol–water partition coefficient (Wildman–Crippen LogP) is 3.54. The lowest BCUT2D eigenvalue weighted by Crippen LogP contribution is -2.52. The van der Waals surface area contributed by atoms with Crippen LogP contribution in [0.3, 0.4) is 0 Å². The minimum Gasteiger partial charge on any atom is -0.385 e. The summed E-state index contributed by atoms with van der Waals surface area (Å²) in [6.07, 6.45) is 6.60. The van der Waals surface area contributed by atoms with Crippen LogP contribution in [0.5, 0.6) is 0 Å². The first kappa shape index (κ1) is 31.3. The number of piperidine rings is 2. The van der Waals surface area contributed by atoms with Crippen molar-refractivity contribution < 1.29 is 19.5 Å². The van der Waals surface area contributed by atoms with E-state index < -0.39 is 17.6 Å². The van der Waals surface area contributed by atoms with Gasteiger partial charge in [-0.1, -0.05) is 38.1 Å². The minimum absolute atomic E-state index is 0.197. The average molecular weight is 638 g/mol. The van der Waals surface area contributed by atoms with Crippen LogP contribution in [0.4, 0.5) is 11.6 Å². The van der Waals surface area contributed by atoms with Gasteiger partial charge in [-0.2, -0.15) is 0 Å². The number of benzene rings is 2. The zero-order valence-electron chi connectivity index (χ0n) is 27.1. The third-order valence-electron chi connectivity index (χ3n) is 10.3. The van der Waals surface area contributed by atoms with Crippen molar-refractivity contribution in [3.63, 3.8) is 0 Å². The Morgan fingerprint density at radius 3 is 2.45 bits per heavy atom. The highest BCUT2D eigenvalue weighted by Gasteiger charge is 2.41. The van der Waals surface area contributed by atoms with Crippen molar-refractivity contribution in [2.75, 3.05) is 36.4 Å². The fourth-order valence-electron chi connectivity index (χ4n) is 7.31. The van der Waals surface area contributed by atoms with E-state index in [2.05, 4.69) is 68.5 Å². The third kappa shape index (κ3) is 6.46. The predicted molar refractivity (Wildman–Crippen MR) is 178 cm³/mol. The van der Waals surface area contributed by atoms with Crippen LogP contribution in [-0.4, -0.2) is 80.9 Å². The summed E-state index contributed by atoms with van der Waals surface area (Å²) in [6.45, 7) is 8.83. The Morgan fingerprint density at radius 2 is 1.74 bits per heavy atom. The van der Waals surface area contributed by atoms with Crippen molar-refractivity contribution in [3.8, 4) is 0 Å². The number of carbonyl (C=O) groups excluding carboxylic acids is 3. The number of nitrogens with one attached hydrogen (secondary N) is 2. The van der Waals surface area contributed by atoms with Crippen LogP contribution in [0.1, 0.15) is 84.5 Å². The van der Waals surface area contributed by atoms with Gasteiger partial charge in [0.05, 0.1) is 5.60 Å². The molecular formula is C36H43N7O4. The van der Waals surface area contributed by atoms with Gasteiger partial charge in [-0.05, 0) is 72.1 Å². The molecule has 5 heterocycles. The van der Waals surface area contributed by atoms with E-state index in [0.29, 0.717) is 49.3 Å². The maximum atomic E-state index is 13.1. The fraction of sp³-hybridized carbons (Fsp3) is 0.472. The highest BCUT2D eigenvalue weighted by atomic mass is 16.3. The number of aromatic nitrogens is 2. The summed E-state index contributed by atoms with van der Waals surface area (Å²) in [5, 5.41) is 17.5. The van der Waals surface area contributed by atoms with Crippen LogP contribution < -0.4 is 15.5 Å². The number of fused-ring (bicyclic) bond motifs is 1. The number of imide groups is 1. The summed E-state index contributed by atoms with van der Waals surface area (Å²) >= 11 is 0. The maximum absolute atomic E-state index is 13.1. The van der Waals surface area contributed by atoms with Gasteiger partial charge in [-0.25, -0.2) is 9.97 Å². The molecule has 246 valence electrons. The topological polar surface area (TPSA) is 131 Å². The zero-order valence-corrected chi connectivity index (χ0v) is 27.1. The molecule has 3 saturated heterocycles. The van der Waals surface area contributed by atoms with Gasteiger partial charge in [0.15, 0.2) is 0 Å². The smallest absolute Gasteiger partial charge is 0.255 e. The van der Waals surface area contributed by atoms with E-state index >= 15 is 0 Å². The summed E-state index contributed by atoms with van der Waals surface area (Å²) in [5.41, 5.74) is 4.84. The van der Waals surface area contributed by atoms with Gasteiger partial charge in [0.25, 0.3) is 5.91 Å². The standard InChI is InChI=1S/C36H43N7O4/c1-23(2)26-18-37-35(38-19-26)39-28-11-14-42(22-28)29-6-3-24(4-7-29)20-41-15-12-36(47,13-16-41)27-5-8-30-25(17-27)21-43(34(30)46)31-9-10-32(44)40-33(31)45/h3-8,17-19,23,28,31,47H,9-16,20-22H2,1-2H3,(H,37,38,39)(H,40,44,45)/t28-,31?/m0/s1. The zero-order chi connectivity index (χ0) is 32.7. The van der Waals surface area contributed by atoms with Crippen LogP contribution in [-0.2, 0) is 28.3 Å². The molecule has 7 rings (SSSR count). The lowest BCUT2D eigenvalue weighted by molar-refractivity contribution is -0.136. The second kappa shape index (κ2) is 12.7. The van der Waals surface area contributed by atoms with Crippen LogP contribution in [0.25, 0.3) is 0 Å². The highest BCUT2D eigenvalue weighted by molar-refractivity contribution is 6.05. The molecular weight excluding hydrogens is 594 g/mol. The molecule has 0 radical (unpaired) electrons. The first-order valence-corrected chi connectivity index (χ1v) is 16.8. The van der Waals surface area contributed by atoms with Crippen molar-refractivity contribution in [1.29, 1.82) is 0 Å². The number of anilines is 2. The number of rotatable bonds is 8. The van der Waals surface area contributed by atoms with Gasteiger partial charge in [-0.3, -0.25) is 24.6 Å². The largest absolute Gasteiger partial charge is 0.385 e. The molecule has 4 aliphatic rings. The van der Waals surface area contributed by atoms with Gasteiger partial charge < -0.3 is 20.2 Å². The minimum atomic E-state index is -0.970. The molecule has 1 aromatic heterocycles. The second-order valence-corrected chi connectivity index (χ2v) is 13.8. The first-order valence-electron chi connectivity index (χ1n) is 16.8.